The Hall–Kier alpha value is -1.10. The first-order valence-electron chi connectivity index (χ1n) is 8.30. The Balaban J connectivity index is 1.52. The van der Waals surface area contributed by atoms with Crippen LogP contribution in [0.2, 0.25) is 0 Å². The second-order valence-corrected chi connectivity index (χ2v) is 7.92. The molecule has 1 saturated carbocycles. The third kappa shape index (κ3) is 3.23. The van der Waals surface area contributed by atoms with Gasteiger partial charge in [-0.05, 0) is 42.9 Å². The minimum atomic E-state index is -0.0599. The summed E-state index contributed by atoms with van der Waals surface area (Å²) in [5.41, 5.74) is 0.400. The number of aromatic amines is 1. The summed E-state index contributed by atoms with van der Waals surface area (Å²) in [5, 5.41) is 6.68. The average Bonchev–Trinajstić information content (AvgIpc) is 2.80. The first kappa shape index (κ1) is 14.8. The van der Waals surface area contributed by atoms with E-state index in [-0.39, 0.29) is 5.69 Å². The van der Waals surface area contributed by atoms with Crippen LogP contribution in [0.25, 0.3) is 0 Å². The smallest absolute Gasteiger partial charge is 0.294 e. The fourth-order valence-corrected chi connectivity index (χ4v) is 3.95. The normalized spacial score (nSPS) is 27.6. The molecule has 1 aromatic heterocycles. The van der Waals surface area contributed by atoms with Crippen molar-refractivity contribution in [1.29, 1.82) is 0 Å². The van der Waals surface area contributed by atoms with Gasteiger partial charge in [0.2, 0.25) is 0 Å². The number of hydrogen-bond acceptors (Lipinski definition) is 3. The molecule has 5 nitrogen and oxygen atoms in total. The second-order valence-electron chi connectivity index (χ2n) is 7.92. The lowest BCUT2D eigenvalue weighted by molar-refractivity contribution is 0.112. The quantitative estimate of drug-likeness (QED) is 0.909. The van der Waals surface area contributed by atoms with Gasteiger partial charge < -0.3 is 0 Å². The molecule has 1 aliphatic heterocycles. The van der Waals surface area contributed by atoms with Gasteiger partial charge in [-0.15, -0.1) is 0 Å². The van der Waals surface area contributed by atoms with E-state index in [1.165, 1.54) is 25.7 Å². The van der Waals surface area contributed by atoms with Crippen LogP contribution in [0.3, 0.4) is 0 Å². The Morgan fingerprint density at radius 2 is 1.90 bits per heavy atom. The largest absolute Gasteiger partial charge is 0.343 e. The van der Waals surface area contributed by atoms with Gasteiger partial charge in [-0.2, -0.15) is 5.10 Å². The summed E-state index contributed by atoms with van der Waals surface area (Å²) in [6, 6.07) is 0. The van der Waals surface area contributed by atoms with Crippen LogP contribution in [0.4, 0.5) is 0 Å². The predicted octanol–water partition coefficient (Wildman–Crippen LogP) is 2.24. The van der Waals surface area contributed by atoms with Crippen LogP contribution in [0.15, 0.2) is 4.79 Å². The van der Waals surface area contributed by atoms with Crippen LogP contribution < -0.4 is 5.69 Å². The highest BCUT2D eigenvalue weighted by Crippen LogP contribution is 2.40. The average molecular weight is 292 g/mol. The molecule has 0 aromatic carbocycles. The van der Waals surface area contributed by atoms with Gasteiger partial charge in [0.15, 0.2) is 0 Å². The van der Waals surface area contributed by atoms with Gasteiger partial charge in [-0.1, -0.05) is 20.8 Å². The van der Waals surface area contributed by atoms with Crippen LogP contribution in [0.5, 0.6) is 0 Å². The lowest BCUT2D eigenvalue weighted by Crippen LogP contribution is -2.40. The van der Waals surface area contributed by atoms with Crippen LogP contribution in [-0.2, 0) is 13.1 Å². The molecule has 0 saturated heterocycles. The molecule has 0 spiro atoms. The number of hydrogen-bond donors (Lipinski definition) is 1. The maximum atomic E-state index is 11.5. The zero-order valence-corrected chi connectivity index (χ0v) is 13.6. The van der Waals surface area contributed by atoms with Crippen molar-refractivity contribution < 1.29 is 0 Å². The molecule has 0 atom stereocenters. The van der Waals surface area contributed by atoms with E-state index in [9.17, 15) is 4.79 Å². The lowest BCUT2D eigenvalue weighted by Gasteiger charge is -2.39. The number of nitrogens with one attached hydrogen (secondary N) is 1. The molecular weight excluding hydrogens is 264 g/mol. The topological polar surface area (TPSA) is 53.9 Å². The second kappa shape index (κ2) is 5.59. The standard InChI is InChI=1S/C16H28N4O/c1-16(2,3)13-6-4-12(5-7-13)10-19-8-9-20-14(11-19)17-18-15(20)21/h12-13H,4-11H2,1-3H3,(H,18,21). The predicted molar refractivity (Wildman–Crippen MR) is 83.0 cm³/mol. The number of rotatable bonds is 2. The summed E-state index contributed by atoms with van der Waals surface area (Å²) in [6.07, 6.45) is 5.45. The molecule has 0 radical (unpaired) electrons. The molecule has 0 amide bonds. The van der Waals surface area contributed by atoms with E-state index in [2.05, 4.69) is 35.9 Å². The molecule has 0 unspecified atom stereocenters. The van der Waals surface area contributed by atoms with E-state index in [1.54, 1.807) is 4.57 Å². The zero-order valence-electron chi connectivity index (χ0n) is 13.6. The van der Waals surface area contributed by atoms with E-state index in [1.807, 2.05) is 0 Å². The summed E-state index contributed by atoms with van der Waals surface area (Å²) < 4.78 is 1.77. The summed E-state index contributed by atoms with van der Waals surface area (Å²) in [6.45, 7) is 10.9. The number of aromatic nitrogens is 3. The maximum Gasteiger partial charge on any atom is 0.343 e. The summed E-state index contributed by atoms with van der Waals surface area (Å²) in [7, 11) is 0. The number of fused-ring (bicyclic) bond motifs is 1. The summed E-state index contributed by atoms with van der Waals surface area (Å²) in [5.74, 6) is 2.60. The first-order valence-corrected chi connectivity index (χ1v) is 8.30. The highest BCUT2D eigenvalue weighted by molar-refractivity contribution is 4.91. The Labute approximate surface area is 126 Å². The summed E-state index contributed by atoms with van der Waals surface area (Å²) >= 11 is 0. The molecule has 118 valence electrons. The van der Waals surface area contributed by atoms with E-state index in [0.29, 0.717) is 5.41 Å². The molecular formula is C16H28N4O. The molecule has 2 aliphatic rings. The molecule has 1 fully saturated rings. The summed E-state index contributed by atoms with van der Waals surface area (Å²) in [4.78, 5) is 14.0. The Morgan fingerprint density at radius 3 is 2.57 bits per heavy atom. The third-order valence-electron chi connectivity index (χ3n) is 5.43. The zero-order chi connectivity index (χ0) is 15.0. The number of nitrogens with zero attached hydrogens (tertiary/aromatic N) is 3. The Morgan fingerprint density at radius 1 is 1.19 bits per heavy atom. The van der Waals surface area contributed by atoms with Gasteiger partial charge >= 0.3 is 5.69 Å². The molecule has 1 N–H and O–H groups in total. The van der Waals surface area contributed by atoms with Crippen LogP contribution in [0.1, 0.15) is 52.3 Å². The minimum Gasteiger partial charge on any atom is -0.294 e. The Kier molecular flexibility index (Phi) is 3.95. The molecule has 3 rings (SSSR count). The van der Waals surface area contributed by atoms with E-state index in [4.69, 9.17) is 0 Å². The molecule has 21 heavy (non-hydrogen) atoms. The molecule has 1 aromatic rings. The van der Waals surface area contributed by atoms with Crippen molar-refractivity contribution in [1.82, 2.24) is 19.7 Å². The van der Waals surface area contributed by atoms with Gasteiger partial charge in [0, 0.05) is 19.6 Å². The van der Waals surface area contributed by atoms with Crippen LogP contribution in [-0.4, -0.2) is 32.8 Å². The SMILES string of the molecule is CC(C)(C)C1CCC(CN2CCn3c(n[nH]c3=O)C2)CC1. The lowest BCUT2D eigenvalue weighted by atomic mass is 9.70. The van der Waals surface area contributed by atoms with Gasteiger partial charge in [-0.3, -0.25) is 9.47 Å². The van der Waals surface area contributed by atoms with Gasteiger partial charge in [-0.25, -0.2) is 9.89 Å². The van der Waals surface area contributed by atoms with Crippen molar-refractivity contribution in [2.45, 2.75) is 59.5 Å². The van der Waals surface area contributed by atoms with Crippen LogP contribution in [0, 0.1) is 17.3 Å². The van der Waals surface area contributed by atoms with Gasteiger partial charge in [0.1, 0.15) is 5.82 Å². The monoisotopic (exact) mass is 292 g/mol. The minimum absolute atomic E-state index is 0.0599. The fourth-order valence-electron chi connectivity index (χ4n) is 3.95. The van der Waals surface area contributed by atoms with Crippen molar-refractivity contribution in [3.63, 3.8) is 0 Å². The molecule has 1 aliphatic carbocycles. The molecule has 2 heterocycles. The highest BCUT2D eigenvalue weighted by atomic mass is 16.1. The van der Waals surface area contributed by atoms with Crippen molar-refractivity contribution in [3.05, 3.63) is 16.3 Å². The highest BCUT2D eigenvalue weighted by Gasteiger charge is 2.31. The van der Waals surface area contributed by atoms with Gasteiger partial charge in [0.05, 0.1) is 6.54 Å². The van der Waals surface area contributed by atoms with Crippen molar-refractivity contribution in [2.75, 3.05) is 13.1 Å². The van der Waals surface area contributed by atoms with Crippen molar-refractivity contribution in [2.24, 2.45) is 17.3 Å². The molecule has 0 bridgehead atoms. The van der Waals surface area contributed by atoms with E-state index >= 15 is 0 Å². The third-order valence-corrected chi connectivity index (χ3v) is 5.43. The maximum absolute atomic E-state index is 11.5. The first-order chi connectivity index (χ1) is 9.93. The molecule has 5 heteroatoms. The van der Waals surface area contributed by atoms with E-state index < -0.39 is 0 Å². The van der Waals surface area contributed by atoms with Crippen LogP contribution >= 0.6 is 0 Å². The van der Waals surface area contributed by atoms with Crippen molar-refractivity contribution >= 4 is 0 Å². The van der Waals surface area contributed by atoms with Gasteiger partial charge in [0.25, 0.3) is 0 Å². The number of H-pyrrole nitrogens is 1. The fraction of sp³-hybridized carbons (Fsp3) is 0.875. The van der Waals surface area contributed by atoms with E-state index in [0.717, 1.165) is 43.8 Å². The Bertz CT molecular complexity index is 531. The van der Waals surface area contributed by atoms with Crippen molar-refractivity contribution in [3.8, 4) is 0 Å².